The van der Waals surface area contributed by atoms with E-state index in [1.807, 2.05) is 30.3 Å². The van der Waals surface area contributed by atoms with E-state index in [0.717, 1.165) is 12.0 Å². The number of ether oxygens (including phenoxy) is 3. The summed E-state index contributed by atoms with van der Waals surface area (Å²) in [5.41, 5.74) is 1.26. The predicted octanol–water partition coefficient (Wildman–Crippen LogP) is 3.54. The molecule has 2 aromatic rings. The lowest BCUT2D eigenvalue weighted by atomic mass is 9.97. The second-order valence-corrected chi connectivity index (χ2v) is 7.18. The highest BCUT2D eigenvalue weighted by Gasteiger charge is 2.18. The van der Waals surface area contributed by atoms with E-state index in [0.29, 0.717) is 5.92 Å². The lowest BCUT2D eigenvalue weighted by Crippen LogP contribution is -2.33. The molecule has 0 saturated heterocycles. The average molecular weight is 413 g/mol. The zero-order valence-electron chi connectivity index (χ0n) is 17.6. The highest BCUT2D eigenvalue weighted by atomic mass is 16.5. The molecule has 7 nitrogen and oxygen atoms in total. The monoisotopic (exact) mass is 413 g/mol. The Hall–Kier alpha value is -3.35. The molecule has 0 aliphatic carbocycles. The SMILES string of the molecule is COC(=O)c1cc(OCC(=O)N[C@@H](CC(C)C)c2ccccc2)cc(C(=O)OC)c1. The normalized spacial score (nSPS) is 11.5. The maximum Gasteiger partial charge on any atom is 0.338 e. The van der Waals surface area contributed by atoms with Crippen LogP contribution in [-0.2, 0) is 14.3 Å². The van der Waals surface area contributed by atoms with Gasteiger partial charge in [-0.2, -0.15) is 0 Å². The summed E-state index contributed by atoms with van der Waals surface area (Å²) in [6, 6.07) is 13.7. The Morgan fingerprint density at radius 3 is 1.97 bits per heavy atom. The van der Waals surface area contributed by atoms with Gasteiger partial charge in [0.2, 0.25) is 0 Å². The van der Waals surface area contributed by atoms with Gasteiger partial charge in [-0.15, -0.1) is 0 Å². The van der Waals surface area contributed by atoms with Crippen LogP contribution in [0.4, 0.5) is 0 Å². The van der Waals surface area contributed by atoms with Gasteiger partial charge in [0.15, 0.2) is 6.61 Å². The second-order valence-electron chi connectivity index (χ2n) is 7.18. The number of methoxy groups -OCH3 is 2. The Morgan fingerprint density at radius 2 is 1.47 bits per heavy atom. The maximum absolute atomic E-state index is 12.5. The van der Waals surface area contributed by atoms with Crippen LogP contribution >= 0.6 is 0 Å². The molecule has 0 bridgehead atoms. The van der Waals surface area contributed by atoms with Crippen molar-refractivity contribution < 1.29 is 28.6 Å². The van der Waals surface area contributed by atoms with Gasteiger partial charge in [0, 0.05) is 0 Å². The number of hydrogen-bond acceptors (Lipinski definition) is 6. The molecule has 2 aromatic carbocycles. The van der Waals surface area contributed by atoms with Crippen molar-refractivity contribution in [2.24, 2.45) is 5.92 Å². The first-order valence-electron chi connectivity index (χ1n) is 9.62. The molecule has 0 unspecified atom stereocenters. The minimum Gasteiger partial charge on any atom is -0.484 e. The summed E-state index contributed by atoms with van der Waals surface area (Å²) in [5.74, 6) is -0.996. The third-order valence-corrected chi connectivity index (χ3v) is 4.36. The first-order chi connectivity index (χ1) is 14.3. The third-order valence-electron chi connectivity index (χ3n) is 4.36. The van der Waals surface area contributed by atoms with E-state index in [4.69, 9.17) is 14.2 Å². The Labute approximate surface area is 176 Å². The van der Waals surface area contributed by atoms with Crippen molar-refractivity contribution in [3.05, 3.63) is 65.2 Å². The summed E-state index contributed by atoms with van der Waals surface area (Å²) < 4.78 is 14.9. The van der Waals surface area contributed by atoms with Crippen molar-refractivity contribution in [3.63, 3.8) is 0 Å². The molecular weight excluding hydrogens is 386 g/mol. The molecule has 0 aromatic heterocycles. The fraction of sp³-hybridized carbons (Fsp3) is 0.348. The van der Waals surface area contributed by atoms with Crippen molar-refractivity contribution >= 4 is 17.8 Å². The quantitative estimate of drug-likeness (QED) is 0.633. The maximum atomic E-state index is 12.5. The van der Waals surface area contributed by atoms with Crippen LogP contribution in [0.2, 0.25) is 0 Å². The number of rotatable bonds is 9. The fourth-order valence-corrected chi connectivity index (χ4v) is 2.97. The van der Waals surface area contributed by atoms with Crippen LogP contribution in [0.25, 0.3) is 0 Å². The predicted molar refractivity (Wildman–Crippen MR) is 111 cm³/mol. The van der Waals surface area contributed by atoms with E-state index in [1.54, 1.807) is 0 Å². The van der Waals surface area contributed by atoms with Crippen LogP contribution in [0.3, 0.4) is 0 Å². The zero-order chi connectivity index (χ0) is 22.1. The van der Waals surface area contributed by atoms with E-state index < -0.39 is 11.9 Å². The number of hydrogen-bond donors (Lipinski definition) is 1. The van der Waals surface area contributed by atoms with E-state index in [-0.39, 0.29) is 35.4 Å². The molecule has 30 heavy (non-hydrogen) atoms. The second kappa shape index (κ2) is 11.0. The lowest BCUT2D eigenvalue weighted by Gasteiger charge is -2.21. The summed E-state index contributed by atoms with van der Waals surface area (Å²) in [6.07, 6.45) is 0.778. The number of carbonyl (C=O) groups excluding carboxylic acids is 3. The molecule has 0 spiro atoms. The Morgan fingerprint density at radius 1 is 0.900 bits per heavy atom. The van der Waals surface area contributed by atoms with Crippen molar-refractivity contribution in [2.45, 2.75) is 26.3 Å². The van der Waals surface area contributed by atoms with Gasteiger partial charge in [-0.3, -0.25) is 4.79 Å². The van der Waals surface area contributed by atoms with Crippen LogP contribution in [0.5, 0.6) is 5.75 Å². The van der Waals surface area contributed by atoms with Gasteiger partial charge in [-0.05, 0) is 36.1 Å². The summed E-state index contributed by atoms with van der Waals surface area (Å²) in [6.45, 7) is 3.91. The molecule has 0 aliphatic heterocycles. The molecule has 0 saturated carbocycles. The Kier molecular flexibility index (Phi) is 8.41. The molecule has 1 amide bonds. The van der Waals surface area contributed by atoms with Crippen molar-refractivity contribution in [1.82, 2.24) is 5.32 Å². The molecule has 1 atom stereocenters. The smallest absolute Gasteiger partial charge is 0.338 e. The summed E-state index contributed by atoms with van der Waals surface area (Å²) >= 11 is 0. The molecule has 0 fully saturated rings. The lowest BCUT2D eigenvalue weighted by molar-refractivity contribution is -0.124. The van der Waals surface area contributed by atoms with Gasteiger partial charge in [-0.1, -0.05) is 44.2 Å². The van der Waals surface area contributed by atoms with Gasteiger partial charge in [-0.25, -0.2) is 9.59 Å². The van der Waals surface area contributed by atoms with Crippen LogP contribution in [0.15, 0.2) is 48.5 Å². The Bertz CT molecular complexity index is 844. The first-order valence-corrected chi connectivity index (χ1v) is 9.62. The minimum absolute atomic E-state index is 0.123. The third kappa shape index (κ3) is 6.62. The van der Waals surface area contributed by atoms with E-state index in [2.05, 4.69) is 19.2 Å². The average Bonchev–Trinajstić information content (AvgIpc) is 2.76. The van der Waals surface area contributed by atoms with Crippen LogP contribution in [0.1, 0.15) is 52.6 Å². The Balaban J connectivity index is 2.11. The van der Waals surface area contributed by atoms with Crippen LogP contribution in [-0.4, -0.2) is 38.7 Å². The summed E-state index contributed by atoms with van der Waals surface area (Å²) in [4.78, 5) is 36.2. The number of nitrogens with one attached hydrogen (secondary N) is 1. The molecule has 0 radical (unpaired) electrons. The summed E-state index contributed by atoms with van der Waals surface area (Å²) in [5, 5.41) is 2.98. The van der Waals surface area contributed by atoms with E-state index >= 15 is 0 Å². The van der Waals surface area contributed by atoms with Gasteiger partial charge in [0.1, 0.15) is 5.75 Å². The fourth-order valence-electron chi connectivity index (χ4n) is 2.97. The standard InChI is InChI=1S/C23H27NO6/c1-15(2)10-20(16-8-6-5-7-9-16)24-21(25)14-30-19-12-17(22(26)28-3)11-18(13-19)23(27)29-4/h5-9,11-13,15,20H,10,14H2,1-4H3,(H,24,25)/t20-/m0/s1. The van der Waals surface area contributed by atoms with Gasteiger partial charge >= 0.3 is 11.9 Å². The molecule has 7 heteroatoms. The number of benzene rings is 2. The zero-order valence-corrected chi connectivity index (χ0v) is 17.6. The highest BCUT2D eigenvalue weighted by Crippen LogP contribution is 2.22. The first kappa shape index (κ1) is 22.9. The number of carbonyl (C=O) groups is 3. The highest BCUT2D eigenvalue weighted by molar-refractivity contribution is 5.96. The van der Waals surface area contributed by atoms with Crippen molar-refractivity contribution in [2.75, 3.05) is 20.8 Å². The molecule has 2 rings (SSSR count). The molecular formula is C23H27NO6. The van der Waals surface area contributed by atoms with Crippen LogP contribution < -0.4 is 10.1 Å². The largest absolute Gasteiger partial charge is 0.484 e. The molecule has 0 heterocycles. The van der Waals surface area contributed by atoms with Crippen LogP contribution in [0, 0.1) is 5.92 Å². The van der Waals surface area contributed by atoms with E-state index in [9.17, 15) is 14.4 Å². The van der Waals surface area contributed by atoms with Crippen molar-refractivity contribution in [1.29, 1.82) is 0 Å². The minimum atomic E-state index is -0.629. The number of esters is 2. The molecule has 160 valence electrons. The molecule has 0 aliphatic rings. The summed E-state index contributed by atoms with van der Waals surface area (Å²) in [7, 11) is 2.47. The van der Waals surface area contributed by atoms with Crippen molar-refractivity contribution in [3.8, 4) is 5.75 Å². The molecule has 1 N–H and O–H groups in total. The van der Waals surface area contributed by atoms with Gasteiger partial charge in [0.25, 0.3) is 5.91 Å². The van der Waals surface area contributed by atoms with E-state index in [1.165, 1.54) is 32.4 Å². The number of amides is 1. The van der Waals surface area contributed by atoms with Gasteiger partial charge in [0.05, 0.1) is 31.4 Å². The topological polar surface area (TPSA) is 90.9 Å². The van der Waals surface area contributed by atoms with Gasteiger partial charge < -0.3 is 19.5 Å².